The molecule has 0 unspecified atom stereocenters. The maximum absolute atomic E-state index is 13.3. The minimum Gasteiger partial charge on any atom is -0.206 e. The van der Waals surface area contributed by atoms with Crippen LogP contribution in [0.1, 0.15) is 5.56 Å². The third-order valence-corrected chi connectivity index (χ3v) is 2.33. The zero-order valence-corrected chi connectivity index (χ0v) is 8.85. The lowest BCUT2D eigenvalue weighted by Crippen LogP contribution is -1.89. The number of hydrogen-bond donors (Lipinski definition) is 0. The molecule has 74 valence electrons. The number of hydrogen-bond acceptors (Lipinski definition) is 2. The Hall–Kier alpha value is -1.72. The summed E-state index contributed by atoms with van der Waals surface area (Å²) in [6.45, 7) is 0. The molecule has 1 aromatic rings. The van der Waals surface area contributed by atoms with Crippen molar-refractivity contribution in [2.45, 2.75) is 0 Å². The molecule has 0 radical (unpaired) electrons. The summed E-state index contributed by atoms with van der Waals surface area (Å²) >= 11 is 2.72. The average Bonchev–Trinajstić information content (AvgIpc) is 2.25. The van der Waals surface area contributed by atoms with E-state index in [1.165, 1.54) is 0 Å². The molecule has 0 fully saturated rings. The van der Waals surface area contributed by atoms with E-state index >= 15 is 0 Å². The molecule has 0 aliphatic heterocycles. The van der Waals surface area contributed by atoms with Crippen molar-refractivity contribution in [3.05, 3.63) is 39.4 Å². The van der Waals surface area contributed by atoms with Gasteiger partial charge in [-0.15, -0.1) is 0 Å². The van der Waals surface area contributed by atoms with Gasteiger partial charge >= 0.3 is 0 Å². The monoisotopic (exact) mass is 268 g/mol. The van der Waals surface area contributed by atoms with Gasteiger partial charge < -0.3 is 0 Å². The molecule has 5 heteroatoms. The van der Waals surface area contributed by atoms with E-state index in [-0.39, 0.29) is 15.6 Å². The summed E-state index contributed by atoms with van der Waals surface area (Å²) in [5, 5.41) is 16.9. The zero-order chi connectivity index (χ0) is 11.4. The van der Waals surface area contributed by atoms with Gasteiger partial charge in [0.2, 0.25) is 0 Å². The Bertz CT molecular complexity index is 493. The van der Waals surface area contributed by atoms with Gasteiger partial charge in [-0.05, 0) is 34.1 Å². The summed E-state index contributed by atoms with van der Waals surface area (Å²) in [4.78, 5) is 0. The lowest BCUT2D eigenvalue weighted by atomic mass is 10.1. The van der Waals surface area contributed by atoms with Gasteiger partial charge in [-0.2, -0.15) is 10.5 Å². The van der Waals surface area contributed by atoms with E-state index in [4.69, 9.17) is 10.5 Å². The fourth-order valence-corrected chi connectivity index (χ4v) is 1.26. The Morgan fingerprint density at radius 3 is 2.40 bits per heavy atom. The molecule has 1 aromatic carbocycles. The van der Waals surface area contributed by atoms with E-state index in [1.54, 1.807) is 12.1 Å². The Morgan fingerprint density at radius 2 is 1.87 bits per heavy atom. The van der Waals surface area contributed by atoms with Crippen LogP contribution in [0.2, 0.25) is 0 Å². The number of allylic oxidation sites excluding steroid dienone is 1. The number of rotatable bonds is 1. The van der Waals surface area contributed by atoms with Crippen molar-refractivity contribution in [3.63, 3.8) is 0 Å². The molecule has 2 nitrogen and oxygen atoms in total. The van der Waals surface area contributed by atoms with Gasteiger partial charge in [0, 0.05) is 5.56 Å². The van der Waals surface area contributed by atoms with Crippen LogP contribution in [0.3, 0.4) is 0 Å². The summed E-state index contributed by atoms with van der Waals surface area (Å²) in [6, 6.07) is 5.38. The van der Waals surface area contributed by atoms with Crippen LogP contribution >= 0.6 is 15.9 Å². The van der Waals surface area contributed by atoms with Crippen LogP contribution in [0.4, 0.5) is 8.78 Å². The minimum atomic E-state index is -0.835. The van der Waals surface area contributed by atoms with Gasteiger partial charge in [-0.3, -0.25) is 0 Å². The minimum absolute atomic E-state index is 0.0126. The van der Waals surface area contributed by atoms with Crippen molar-refractivity contribution in [1.29, 1.82) is 10.5 Å². The first-order chi connectivity index (χ1) is 7.10. The Kier molecular flexibility index (Phi) is 3.54. The first-order valence-corrected chi connectivity index (χ1v) is 4.55. The van der Waals surface area contributed by atoms with Crippen LogP contribution in [0, 0.1) is 34.3 Å². The molecule has 0 aliphatic rings. The molecule has 0 spiro atoms. The van der Waals surface area contributed by atoms with Gasteiger partial charge in [-0.25, -0.2) is 8.78 Å². The molecular weight excluding hydrogens is 266 g/mol. The maximum Gasteiger partial charge on any atom is 0.147 e. The third kappa shape index (κ3) is 2.39. The maximum atomic E-state index is 13.3. The van der Waals surface area contributed by atoms with Gasteiger partial charge in [0.25, 0.3) is 0 Å². The van der Waals surface area contributed by atoms with E-state index in [1.807, 2.05) is 0 Å². The highest BCUT2D eigenvalue weighted by Crippen LogP contribution is 2.23. The summed E-state index contributed by atoms with van der Waals surface area (Å²) < 4.78 is 25.9. The molecule has 0 saturated carbocycles. The smallest absolute Gasteiger partial charge is 0.147 e. The Morgan fingerprint density at radius 1 is 1.27 bits per heavy atom. The molecule has 1 rings (SSSR count). The topological polar surface area (TPSA) is 47.6 Å². The van der Waals surface area contributed by atoms with Crippen LogP contribution in [-0.4, -0.2) is 0 Å². The molecular formula is C10H3BrF2N2. The third-order valence-electron chi connectivity index (χ3n) is 1.61. The molecule has 0 amide bonds. The molecule has 0 aliphatic carbocycles. The van der Waals surface area contributed by atoms with Crippen LogP contribution in [0.25, 0.3) is 6.08 Å². The van der Waals surface area contributed by atoms with E-state index in [9.17, 15) is 8.78 Å². The summed E-state index contributed by atoms with van der Waals surface area (Å²) in [5.41, 5.74) is -0.256. The summed E-state index contributed by atoms with van der Waals surface area (Å²) in [7, 11) is 0. The molecule has 15 heavy (non-hydrogen) atoms. The largest absolute Gasteiger partial charge is 0.206 e. The Balaban J connectivity index is 3.32. The quantitative estimate of drug-likeness (QED) is 0.580. The van der Waals surface area contributed by atoms with Gasteiger partial charge in [0.15, 0.2) is 0 Å². The zero-order valence-electron chi connectivity index (χ0n) is 7.26. The highest BCUT2D eigenvalue weighted by atomic mass is 79.9. The first-order valence-electron chi connectivity index (χ1n) is 3.75. The van der Waals surface area contributed by atoms with Crippen molar-refractivity contribution < 1.29 is 8.78 Å². The standard InChI is InChI=1S/C10H3BrF2N2/c11-9-8(12)2-1-7(10(9)13)3-6(4-14)5-15/h1-3H. The van der Waals surface area contributed by atoms with Crippen molar-refractivity contribution in [1.82, 2.24) is 0 Å². The van der Waals surface area contributed by atoms with Crippen LogP contribution < -0.4 is 0 Å². The predicted octanol–water partition coefficient (Wildman–Crippen LogP) is 3.16. The Labute approximate surface area is 93.2 Å². The molecule has 0 N–H and O–H groups in total. The molecule has 0 aromatic heterocycles. The van der Waals surface area contributed by atoms with Gasteiger partial charge in [-0.1, -0.05) is 0 Å². The second-order valence-electron chi connectivity index (χ2n) is 2.55. The molecule has 0 atom stereocenters. The number of nitriles is 2. The van der Waals surface area contributed by atoms with Gasteiger partial charge in [0.1, 0.15) is 29.3 Å². The highest BCUT2D eigenvalue weighted by molar-refractivity contribution is 9.10. The van der Waals surface area contributed by atoms with E-state index in [2.05, 4.69) is 15.9 Å². The fraction of sp³-hybridized carbons (Fsp3) is 0. The van der Waals surface area contributed by atoms with Crippen LogP contribution in [0.15, 0.2) is 22.2 Å². The second kappa shape index (κ2) is 4.68. The number of halogens is 3. The van der Waals surface area contributed by atoms with Crippen molar-refractivity contribution in [3.8, 4) is 12.1 Å². The van der Waals surface area contributed by atoms with Crippen LogP contribution in [0.5, 0.6) is 0 Å². The van der Waals surface area contributed by atoms with E-state index < -0.39 is 11.6 Å². The lowest BCUT2D eigenvalue weighted by Gasteiger charge is -2.00. The van der Waals surface area contributed by atoms with Crippen molar-refractivity contribution in [2.75, 3.05) is 0 Å². The second-order valence-corrected chi connectivity index (χ2v) is 3.34. The average molecular weight is 269 g/mol. The number of nitrogens with zero attached hydrogens (tertiary/aromatic N) is 2. The molecule has 0 saturated heterocycles. The van der Waals surface area contributed by atoms with E-state index in [0.29, 0.717) is 0 Å². The molecule has 0 bridgehead atoms. The van der Waals surface area contributed by atoms with E-state index in [0.717, 1.165) is 18.2 Å². The normalized spacial score (nSPS) is 8.87. The fourth-order valence-electron chi connectivity index (χ4n) is 0.897. The molecule has 0 heterocycles. The van der Waals surface area contributed by atoms with Gasteiger partial charge in [0.05, 0.1) is 4.47 Å². The predicted molar refractivity (Wildman–Crippen MR) is 53.3 cm³/mol. The lowest BCUT2D eigenvalue weighted by molar-refractivity contribution is 0.570. The SMILES string of the molecule is N#CC(C#N)=Cc1ccc(F)c(Br)c1F. The van der Waals surface area contributed by atoms with Crippen LogP contribution in [-0.2, 0) is 0 Å². The van der Waals surface area contributed by atoms with Crippen molar-refractivity contribution >= 4 is 22.0 Å². The first kappa shape index (κ1) is 11.4. The highest BCUT2D eigenvalue weighted by Gasteiger charge is 2.10. The number of benzene rings is 1. The summed E-state index contributed by atoms with van der Waals surface area (Å²) in [5.74, 6) is -1.57. The summed E-state index contributed by atoms with van der Waals surface area (Å²) in [6.07, 6.45) is 1.06. The van der Waals surface area contributed by atoms with Crippen molar-refractivity contribution in [2.24, 2.45) is 0 Å².